The van der Waals surface area contributed by atoms with Crippen molar-refractivity contribution < 1.29 is 13.6 Å². The van der Waals surface area contributed by atoms with Gasteiger partial charge in [-0.05, 0) is 48.5 Å². The van der Waals surface area contributed by atoms with Crippen molar-refractivity contribution in [3.8, 4) is 0 Å². The van der Waals surface area contributed by atoms with Crippen molar-refractivity contribution in [2.24, 2.45) is 0 Å². The smallest absolute Gasteiger partial charge is 0.258 e. The topological polar surface area (TPSA) is 41.1 Å². The molecule has 0 radical (unpaired) electrons. The molecule has 0 aliphatic rings. The SMILES string of the molecule is O=C(Nc1ccc(Nc2ccccc2F)cc1)c1ccccc1F. The van der Waals surface area contributed by atoms with Crippen LogP contribution in [0.1, 0.15) is 10.4 Å². The number of para-hydroxylation sites is 1. The van der Waals surface area contributed by atoms with Crippen LogP contribution in [0, 0.1) is 11.6 Å². The van der Waals surface area contributed by atoms with Crippen molar-refractivity contribution >= 4 is 23.0 Å². The zero-order chi connectivity index (χ0) is 16.9. The monoisotopic (exact) mass is 324 g/mol. The van der Waals surface area contributed by atoms with Crippen molar-refractivity contribution in [1.82, 2.24) is 0 Å². The fraction of sp³-hybridized carbons (Fsp3) is 0. The summed E-state index contributed by atoms with van der Waals surface area (Å²) >= 11 is 0. The summed E-state index contributed by atoms with van der Waals surface area (Å²) in [6, 6.07) is 18.8. The Bertz CT molecular complexity index is 863. The van der Waals surface area contributed by atoms with Gasteiger partial charge >= 0.3 is 0 Å². The van der Waals surface area contributed by atoms with Crippen LogP contribution in [0.2, 0.25) is 0 Å². The van der Waals surface area contributed by atoms with E-state index in [1.54, 1.807) is 48.5 Å². The molecule has 1 amide bonds. The molecule has 0 unspecified atom stereocenters. The number of hydrogen-bond acceptors (Lipinski definition) is 2. The summed E-state index contributed by atoms with van der Waals surface area (Å²) in [6.07, 6.45) is 0. The van der Waals surface area contributed by atoms with Gasteiger partial charge in [0, 0.05) is 11.4 Å². The first kappa shape index (κ1) is 15.7. The van der Waals surface area contributed by atoms with Crippen LogP contribution in [0.15, 0.2) is 72.8 Å². The first-order chi connectivity index (χ1) is 11.6. The van der Waals surface area contributed by atoms with Crippen molar-refractivity contribution in [1.29, 1.82) is 0 Å². The van der Waals surface area contributed by atoms with E-state index in [1.807, 2.05) is 0 Å². The molecule has 5 heteroatoms. The fourth-order valence-electron chi connectivity index (χ4n) is 2.20. The highest BCUT2D eigenvalue weighted by Crippen LogP contribution is 2.21. The number of amides is 1. The number of hydrogen-bond donors (Lipinski definition) is 2. The Morgan fingerprint density at radius 1 is 0.708 bits per heavy atom. The Morgan fingerprint density at radius 2 is 1.29 bits per heavy atom. The van der Waals surface area contributed by atoms with E-state index < -0.39 is 11.7 Å². The lowest BCUT2D eigenvalue weighted by molar-refractivity contribution is 0.102. The number of carbonyl (C=O) groups excluding carboxylic acids is 1. The maximum absolute atomic E-state index is 13.6. The van der Waals surface area contributed by atoms with E-state index >= 15 is 0 Å². The molecule has 0 fully saturated rings. The Balaban J connectivity index is 1.70. The molecular formula is C19H14F2N2O. The van der Waals surface area contributed by atoms with E-state index in [1.165, 1.54) is 24.3 Å². The summed E-state index contributed by atoms with van der Waals surface area (Å²) in [5.74, 6) is -1.45. The molecule has 0 spiro atoms. The molecule has 0 saturated heterocycles. The number of carbonyl (C=O) groups is 1. The average molecular weight is 324 g/mol. The molecule has 24 heavy (non-hydrogen) atoms. The molecule has 3 aromatic rings. The zero-order valence-corrected chi connectivity index (χ0v) is 12.6. The Kier molecular flexibility index (Phi) is 4.52. The highest BCUT2D eigenvalue weighted by Gasteiger charge is 2.10. The molecule has 120 valence electrons. The van der Waals surface area contributed by atoms with Gasteiger partial charge < -0.3 is 10.6 Å². The van der Waals surface area contributed by atoms with Gasteiger partial charge in [0.05, 0.1) is 11.3 Å². The average Bonchev–Trinajstić information content (AvgIpc) is 2.59. The van der Waals surface area contributed by atoms with E-state index in [2.05, 4.69) is 10.6 Å². The predicted octanol–water partition coefficient (Wildman–Crippen LogP) is 4.96. The van der Waals surface area contributed by atoms with E-state index in [0.717, 1.165) is 0 Å². The zero-order valence-electron chi connectivity index (χ0n) is 12.6. The van der Waals surface area contributed by atoms with Gasteiger partial charge in [0.2, 0.25) is 0 Å². The van der Waals surface area contributed by atoms with Crippen LogP contribution in [0.3, 0.4) is 0 Å². The summed E-state index contributed by atoms with van der Waals surface area (Å²) in [4.78, 5) is 12.0. The van der Waals surface area contributed by atoms with Gasteiger partial charge in [-0.25, -0.2) is 8.78 Å². The maximum Gasteiger partial charge on any atom is 0.258 e. The molecule has 3 rings (SSSR count). The van der Waals surface area contributed by atoms with Crippen LogP contribution in [-0.2, 0) is 0 Å². The summed E-state index contributed by atoms with van der Waals surface area (Å²) < 4.78 is 27.2. The van der Waals surface area contributed by atoms with Crippen molar-refractivity contribution in [2.45, 2.75) is 0 Å². The molecule has 0 aromatic heterocycles. The molecule has 0 atom stereocenters. The third-order valence-corrected chi connectivity index (χ3v) is 3.41. The van der Waals surface area contributed by atoms with E-state index in [9.17, 15) is 13.6 Å². The van der Waals surface area contributed by atoms with Gasteiger partial charge in [0.25, 0.3) is 5.91 Å². The Morgan fingerprint density at radius 3 is 1.96 bits per heavy atom. The molecular weight excluding hydrogens is 310 g/mol. The molecule has 0 heterocycles. The second kappa shape index (κ2) is 6.91. The largest absolute Gasteiger partial charge is 0.353 e. The van der Waals surface area contributed by atoms with Gasteiger partial charge in [0.15, 0.2) is 0 Å². The normalized spacial score (nSPS) is 10.2. The highest BCUT2D eigenvalue weighted by molar-refractivity contribution is 6.04. The van der Waals surface area contributed by atoms with Crippen LogP contribution in [0.4, 0.5) is 25.8 Å². The van der Waals surface area contributed by atoms with Crippen LogP contribution in [0.5, 0.6) is 0 Å². The number of benzene rings is 3. The minimum absolute atomic E-state index is 0.0222. The third-order valence-electron chi connectivity index (χ3n) is 3.41. The quantitative estimate of drug-likeness (QED) is 0.712. The standard InChI is InChI=1S/C19H14F2N2O/c20-16-6-2-1-5-15(16)19(24)23-14-11-9-13(10-12-14)22-18-8-4-3-7-17(18)21/h1-12,22H,(H,23,24). The highest BCUT2D eigenvalue weighted by atomic mass is 19.1. The lowest BCUT2D eigenvalue weighted by atomic mass is 10.2. The van der Waals surface area contributed by atoms with Gasteiger partial charge in [-0.3, -0.25) is 4.79 Å². The second-order valence-corrected chi connectivity index (χ2v) is 5.12. The maximum atomic E-state index is 13.6. The first-order valence-electron chi connectivity index (χ1n) is 7.31. The molecule has 0 bridgehead atoms. The molecule has 2 N–H and O–H groups in total. The molecule has 0 aliphatic carbocycles. The lowest BCUT2D eigenvalue weighted by Gasteiger charge is -2.09. The fourth-order valence-corrected chi connectivity index (χ4v) is 2.20. The van der Waals surface area contributed by atoms with Crippen LogP contribution in [0.25, 0.3) is 0 Å². The van der Waals surface area contributed by atoms with E-state index in [0.29, 0.717) is 17.1 Å². The number of nitrogens with one attached hydrogen (secondary N) is 2. The van der Waals surface area contributed by atoms with Crippen molar-refractivity contribution in [2.75, 3.05) is 10.6 Å². The van der Waals surface area contributed by atoms with Crippen LogP contribution >= 0.6 is 0 Å². The van der Waals surface area contributed by atoms with Gasteiger partial charge in [-0.2, -0.15) is 0 Å². The van der Waals surface area contributed by atoms with Crippen LogP contribution < -0.4 is 10.6 Å². The van der Waals surface area contributed by atoms with Gasteiger partial charge in [-0.1, -0.05) is 24.3 Å². The van der Waals surface area contributed by atoms with Gasteiger partial charge in [0.1, 0.15) is 11.6 Å². The first-order valence-corrected chi connectivity index (χ1v) is 7.31. The van der Waals surface area contributed by atoms with Crippen LogP contribution in [-0.4, -0.2) is 5.91 Å². The summed E-state index contributed by atoms with van der Waals surface area (Å²) in [7, 11) is 0. The summed E-state index contributed by atoms with van der Waals surface area (Å²) in [5.41, 5.74) is 1.53. The number of halogens is 2. The number of anilines is 3. The van der Waals surface area contributed by atoms with Crippen molar-refractivity contribution in [3.63, 3.8) is 0 Å². The molecule has 0 saturated carbocycles. The summed E-state index contributed by atoms with van der Waals surface area (Å²) in [5, 5.41) is 5.57. The minimum atomic E-state index is -0.576. The molecule has 3 nitrogen and oxygen atoms in total. The van der Waals surface area contributed by atoms with Crippen molar-refractivity contribution in [3.05, 3.63) is 90.0 Å². The Labute approximate surface area is 138 Å². The van der Waals surface area contributed by atoms with E-state index in [4.69, 9.17) is 0 Å². The van der Waals surface area contributed by atoms with Gasteiger partial charge in [-0.15, -0.1) is 0 Å². The minimum Gasteiger partial charge on any atom is -0.353 e. The number of rotatable bonds is 4. The third kappa shape index (κ3) is 3.57. The second-order valence-electron chi connectivity index (χ2n) is 5.12. The molecule has 0 aliphatic heterocycles. The lowest BCUT2D eigenvalue weighted by Crippen LogP contribution is -2.13. The Hall–Kier alpha value is -3.21. The predicted molar refractivity (Wildman–Crippen MR) is 90.5 cm³/mol. The molecule has 3 aromatic carbocycles. The van der Waals surface area contributed by atoms with E-state index in [-0.39, 0.29) is 11.4 Å². The summed E-state index contributed by atoms with van der Waals surface area (Å²) in [6.45, 7) is 0.